The molecule has 3 nitrogen and oxygen atoms in total. The first-order chi connectivity index (χ1) is 13.7. The second-order valence-corrected chi connectivity index (χ2v) is 10.7. The fourth-order valence-electron chi connectivity index (χ4n) is 9.36. The molecule has 28 heavy (non-hydrogen) atoms. The van der Waals surface area contributed by atoms with E-state index < -0.39 is 0 Å². The van der Waals surface area contributed by atoms with Crippen molar-refractivity contribution in [3.8, 4) is 0 Å². The number of hydrogen-bond acceptors (Lipinski definition) is 3. The van der Waals surface area contributed by atoms with Crippen molar-refractivity contribution in [3.05, 3.63) is 23.8 Å². The van der Waals surface area contributed by atoms with Crippen LogP contribution in [0.1, 0.15) is 65.2 Å². The lowest BCUT2D eigenvalue weighted by atomic mass is 9.45. The van der Waals surface area contributed by atoms with Crippen LogP contribution in [-0.4, -0.2) is 23.1 Å². The van der Waals surface area contributed by atoms with E-state index in [0.717, 1.165) is 60.2 Å². The van der Waals surface area contributed by atoms with Crippen LogP contribution in [0.2, 0.25) is 0 Å². The minimum Gasteiger partial charge on any atom is -0.411 e. The summed E-state index contributed by atoms with van der Waals surface area (Å²) in [7, 11) is 0. The van der Waals surface area contributed by atoms with Crippen LogP contribution in [0.4, 0.5) is 0 Å². The van der Waals surface area contributed by atoms with E-state index in [-0.39, 0.29) is 5.60 Å². The van der Waals surface area contributed by atoms with Crippen molar-refractivity contribution in [2.24, 2.45) is 52.0 Å². The van der Waals surface area contributed by atoms with Gasteiger partial charge in [0.1, 0.15) is 0 Å². The third-order valence-electron chi connectivity index (χ3n) is 10.3. The highest BCUT2D eigenvalue weighted by Crippen LogP contribution is 2.79. The molecule has 0 aromatic rings. The van der Waals surface area contributed by atoms with E-state index in [1.54, 1.807) is 5.57 Å². The molecule has 0 aromatic carbocycles. The highest BCUT2D eigenvalue weighted by atomic mass is 16.5. The number of allylic oxidation sites excluding steroid dienone is 2. The van der Waals surface area contributed by atoms with Gasteiger partial charge in [0.2, 0.25) is 0 Å². The van der Waals surface area contributed by atoms with Gasteiger partial charge in [0.05, 0.1) is 17.9 Å². The van der Waals surface area contributed by atoms with Crippen molar-refractivity contribution in [1.29, 1.82) is 0 Å². The van der Waals surface area contributed by atoms with Crippen LogP contribution in [0.25, 0.3) is 0 Å². The molecule has 0 radical (unpaired) electrons. The summed E-state index contributed by atoms with van der Waals surface area (Å²) in [5.41, 5.74) is 2.97. The number of oxime groups is 1. The van der Waals surface area contributed by atoms with E-state index in [4.69, 9.17) is 4.74 Å². The van der Waals surface area contributed by atoms with Crippen LogP contribution in [0, 0.1) is 46.8 Å². The average molecular weight is 382 g/mol. The summed E-state index contributed by atoms with van der Waals surface area (Å²) in [6.07, 6.45) is 17.2. The minimum atomic E-state index is 0.0692. The van der Waals surface area contributed by atoms with Gasteiger partial charge in [-0.15, -0.1) is 0 Å². The molecule has 1 aliphatic heterocycles. The lowest BCUT2D eigenvalue weighted by molar-refractivity contribution is -0.151. The zero-order valence-corrected chi connectivity index (χ0v) is 17.4. The molecule has 4 fully saturated rings. The largest absolute Gasteiger partial charge is 0.411 e. The molecule has 1 N–H and O–H groups in total. The summed E-state index contributed by atoms with van der Waals surface area (Å²) in [6, 6.07) is 0. The number of fused-ring (bicyclic) bond motifs is 9. The van der Waals surface area contributed by atoms with Crippen LogP contribution in [0.5, 0.6) is 0 Å². The Morgan fingerprint density at radius 1 is 1.25 bits per heavy atom. The highest BCUT2D eigenvalue weighted by molar-refractivity contribution is 5.96. The Bertz CT molecular complexity index is 769. The summed E-state index contributed by atoms with van der Waals surface area (Å²) < 4.78 is 6.64. The third kappa shape index (κ3) is 1.98. The zero-order chi connectivity index (χ0) is 19.1. The molecule has 0 saturated heterocycles. The average Bonchev–Trinajstić information content (AvgIpc) is 3.31. The Morgan fingerprint density at radius 2 is 2.14 bits per heavy atom. The van der Waals surface area contributed by atoms with Gasteiger partial charge in [-0.05, 0) is 92.4 Å². The van der Waals surface area contributed by atoms with Gasteiger partial charge in [0.15, 0.2) is 0 Å². The molecule has 3 unspecified atom stereocenters. The fraction of sp³-hybridized carbons (Fsp3) is 0.800. The van der Waals surface area contributed by atoms with Gasteiger partial charge in [-0.1, -0.05) is 43.1 Å². The molecule has 6 aliphatic rings. The van der Waals surface area contributed by atoms with E-state index in [9.17, 15) is 5.21 Å². The van der Waals surface area contributed by atoms with Gasteiger partial charge in [0.25, 0.3) is 0 Å². The highest BCUT2D eigenvalue weighted by Gasteiger charge is 2.77. The van der Waals surface area contributed by atoms with Crippen LogP contribution >= 0.6 is 0 Å². The molecule has 5 aliphatic carbocycles. The first-order valence-corrected chi connectivity index (χ1v) is 11.9. The Morgan fingerprint density at radius 3 is 2.86 bits per heavy atom. The Labute approximate surface area is 169 Å². The van der Waals surface area contributed by atoms with E-state index in [1.807, 2.05) is 0 Å². The van der Waals surface area contributed by atoms with E-state index in [0.29, 0.717) is 5.41 Å². The molecule has 6 rings (SSSR count). The summed E-state index contributed by atoms with van der Waals surface area (Å²) in [4.78, 5) is 0. The maximum Gasteiger partial charge on any atom is 0.0957 e. The van der Waals surface area contributed by atoms with Crippen molar-refractivity contribution in [2.75, 3.05) is 6.61 Å². The molecule has 152 valence electrons. The molecule has 0 bridgehead atoms. The maximum atomic E-state index is 9.31. The monoisotopic (exact) mass is 381 g/mol. The van der Waals surface area contributed by atoms with Gasteiger partial charge in [-0.25, -0.2) is 0 Å². The Hall–Kier alpha value is -1.09. The molecule has 9 atom stereocenters. The normalized spacial score (nSPS) is 54.9. The molecule has 1 spiro atoms. The zero-order valence-electron chi connectivity index (χ0n) is 17.4. The number of ether oxygens (including phenoxy) is 1. The predicted molar refractivity (Wildman–Crippen MR) is 110 cm³/mol. The second kappa shape index (κ2) is 5.97. The molecule has 4 saturated carbocycles. The lowest BCUT2D eigenvalue weighted by Gasteiger charge is -2.60. The molecular weight excluding hydrogens is 346 g/mol. The number of hydrogen-bond donors (Lipinski definition) is 1. The molecular formula is C25H35NO2. The van der Waals surface area contributed by atoms with E-state index >= 15 is 0 Å². The summed E-state index contributed by atoms with van der Waals surface area (Å²) >= 11 is 0. The molecule has 0 aromatic heterocycles. The quantitative estimate of drug-likeness (QED) is 0.384. The van der Waals surface area contributed by atoms with Crippen molar-refractivity contribution in [2.45, 2.75) is 70.8 Å². The Kier molecular flexibility index (Phi) is 3.78. The molecule has 3 heteroatoms. The predicted octanol–water partition coefficient (Wildman–Crippen LogP) is 5.60. The van der Waals surface area contributed by atoms with Crippen LogP contribution in [0.3, 0.4) is 0 Å². The summed E-state index contributed by atoms with van der Waals surface area (Å²) in [6.45, 7) is 5.70. The Balaban J connectivity index is 1.42. The first-order valence-electron chi connectivity index (χ1n) is 11.9. The van der Waals surface area contributed by atoms with Crippen LogP contribution in [0.15, 0.2) is 29.0 Å². The first kappa shape index (κ1) is 17.7. The van der Waals surface area contributed by atoms with Gasteiger partial charge < -0.3 is 9.94 Å². The standard InChI is InChI=1S/C25H35NO2/c1-3-15-12-16-13-17(26-27)6-7-18(16)19-8-10-24(4-2)23(22(15)19)20-14-21(20)25(24)9-5-11-28-25/h5,9,13,15,18-23,27H,3-4,6-8,10-12,14H2,1-2H3/b26-17+/t15-,18+,19?,20-,21+,22?,23?,24+,25+/m1/s1. The fourth-order valence-corrected chi connectivity index (χ4v) is 9.36. The second-order valence-electron chi connectivity index (χ2n) is 10.7. The van der Waals surface area contributed by atoms with Gasteiger partial charge in [-0.2, -0.15) is 0 Å². The van der Waals surface area contributed by atoms with Crippen molar-refractivity contribution < 1.29 is 9.94 Å². The summed E-state index contributed by atoms with van der Waals surface area (Å²) in [5, 5.41) is 12.9. The summed E-state index contributed by atoms with van der Waals surface area (Å²) in [5.74, 6) is 5.82. The van der Waals surface area contributed by atoms with Crippen molar-refractivity contribution in [1.82, 2.24) is 0 Å². The van der Waals surface area contributed by atoms with E-state index in [2.05, 4.69) is 37.2 Å². The van der Waals surface area contributed by atoms with E-state index in [1.165, 1.54) is 44.9 Å². The van der Waals surface area contributed by atoms with Crippen LogP contribution < -0.4 is 0 Å². The molecule has 1 heterocycles. The SMILES string of the molecule is CC[C@@H]1CC2=C/C(=N/O)CC[C@@H]2C2CC[C@@]3(CC)C(C21)[C@@H]1C[C@@H]1[C@@]31C=CCO1. The maximum absolute atomic E-state index is 9.31. The third-order valence-corrected chi connectivity index (χ3v) is 10.3. The minimum absolute atomic E-state index is 0.0692. The lowest BCUT2D eigenvalue weighted by Crippen LogP contribution is -2.57. The number of rotatable bonds is 2. The van der Waals surface area contributed by atoms with Gasteiger partial charge in [-0.3, -0.25) is 0 Å². The number of nitrogens with zero attached hydrogens (tertiary/aromatic N) is 1. The van der Waals surface area contributed by atoms with Crippen molar-refractivity contribution >= 4 is 5.71 Å². The smallest absolute Gasteiger partial charge is 0.0957 e. The van der Waals surface area contributed by atoms with Gasteiger partial charge >= 0.3 is 0 Å². The topological polar surface area (TPSA) is 41.8 Å². The van der Waals surface area contributed by atoms with Crippen molar-refractivity contribution in [3.63, 3.8) is 0 Å². The van der Waals surface area contributed by atoms with Gasteiger partial charge in [0, 0.05) is 5.41 Å². The molecule has 0 amide bonds. The van der Waals surface area contributed by atoms with Crippen LogP contribution in [-0.2, 0) is 4.74 Å².